The van der Waals surface area contributed by atoms with E-state index in [4.69, 9.17) is 14.2 Å². The zero-order valence-corrected chi connectivity index (χ0v) is 15.8. The van der Waals surface area contributed by atoms with Crippen LogP contribution in [0.5, 0.6) is 11.5 Å². The Bertz CT molecular complexity index is 837. The maximum Gasteiger partial charge on any atom is 0.410 e. The SMILES string of the molecule is COc1ccc(CN2C(=O)OC3CN(Cc4cnc(C)[nH]4)CC32)cc1OC. The van der Waals surface area contributed by atoms with E-state index >= 15 is 0 Å². The van der Waals surface area contributed by atoms with Gasteiger partial charge in [-0.2, -0.15) is 0 Å². The first-order valence-electron chi connectivity index (χ1n) is 8.98. The van der Waals surface area contributed by atoms with E-state index in [2.05, 4.69) is 14.9 Å². The topological polar surface area (TPSA) is 79.9 Å². The van der Waals surface area contributed by atoms with Crippen LogP contribution in [0.1, 0.15) is 17.1 Å². The molecule has 2 fully saturated rings. The van der Waals surface area contributed by atoms with E-state index in [1.807, 2.05) is 36.2 Å². The average molecular weight is 372 g/mol. The molecule has 0 spiro atoms. The van der Waals surface area contributed by atoms with Crippen LogP contribution in [0.15, 0.2) is 24.4 Å². The van der Waals surface area contributed by atoms with Crippen molar-refractivity contribution in [1.29, 1.82) is 0 Å². The zero-order chi connectivity index (χ0) is 19.0. The quantitative estimate of drug-likeness (QED) is 0.835. The fraction of sp³-hybridized carbons (Fsp3) is 0.474. The van der Waals surface area contributed by atoms with E-state index in [0.29, 0.717) is 18.0 Å². The maximum atomic E-state index is 12.4. The van der Waals surface area contributed by atoms with E-state index in [9.17, 15) is 4.79 Å². The number of hydrogen-bond acceptors (Lipinski definition) is 6. The summed E-state index contributed by atoms with van der Waals surface area (Å²) in [5.41, 5.74) is 2.05. The fourth-order valence-corrected chi connectivity index (χ4v) is 3.86. The van der Waals surface area contributed by atoms with Crippen molar-refractivity contribution >= 4 is 6.09 Å². The highest BCUT2D eigenvalue weighted by Gasteiger charge is 2.47. The second-order valence-electron chi connectivity index (χ2n) is 6.99. The Morgan fingerprint density at radius 1 is 1.22 bits per heavy atom. The lowest BCUT2D eigenvalue weighted by atomic mass is 10.1. The van der Waals surface area contributed by atoms with Crippen molar-refractivity contribution in [2.75, 3.05) is 27.3 Å². The summed E-state index contributed by atoms with van der Waals surface area (Å²) in [6, 6.07) is 5.76. The van der Waals surface area contributed by atoms with Gasteiger partial charge in [0.05, 0.1) is 20.3 Å². The van der Waals surface area contributed by atoms with Crippen LogP contribution < -0.4 is 9.47 Å². The fourth-order valence-electron chi connectivity index (χ4n) is 3.86. The Hall–Kier alpha value is -2.74. The molecule has 1 aromatic carbocycles. The monoisotopic (exact) mass is 372 g/mol. The van der Waals surface area contributed by atoms with Gasteiger partial charge in [-0.3, -0.25) is 9.80 Å². The molecule has 8 nitrogen and oxygen atoms in total. The standard InChI is InChI=1S/C19H24N4O4/c1-12-20-7-14(21-12)9-22-10-15-18(11-22)27-19(24)23(15)8-13-4-5-16(25-2)17(6-13)26-3/h4-7,15,18H,8-11H2,1-3H3,(H,20,21). The lowest BCUT2D eigenvalue weighted by Gasteiger charge is -2.22. The Labute approximate surface area is 158 Å². The number of methoxy groups -OCH3 is 2. The van der Waals surface area contributed by atoms with Gasteiger partial charge in [-0.25, -0.2) is 9.78 Å². The summed E-state index contributed by atoms with van der Waals surface area (Å²) in [6.45, 7) is 4.71. The molecular weight excluding hydrogens is 348 g/mol. The molecule has 1 aromatic heterocycles. The zero-order valence-electron chi connectivity index (χ0n) is 15.8. The second-order valence-corrected chi connectivity index (χ2v) is 6.99. The molecule has 3 heterocycles. The van der Waals surface area contributed by atoms with Crippen molar-refractivity contribution in [2.24, 2.45) is 0 Å². The first kappa shape index (κ1) is 17.7. The highest BCUT2D eigenvalue weighted by Crippen LogP contribution is 2.32. The number of benzene rings is 1. The minimum Gasteiger partial charge on any atom is -0.493 e. The van der Waals surface area contributed by atoms with Gasteiger partial charge in [0, 0.05) is 38.1 Å². The van der Waals surface area contributed by atoms with Crippen molar-refractivity contribution in [2.45, 2.75) is 32.2 Å². The van der Waals surface area contributed by atoms with Crippen molar-refractivity contribution < 1.29 is 19.0 Å². The number of carbonyl (C=O) groups is 1. The summed E-state index contributed by atoms with van der Waals surface area (Å²) in [5, 5.41) is 0. The molecular formula is C19H24N4O4. The molecule has 0 saturated carbocycles. The Morgan fingerprint density at radius 2 is 2.04 bits per heavy atom. The normalized spacial score (nSPS) is 22.0. The number of aryl methyl sites for hydroxylation is 1. The minimum absolute atomic E-state index is 0.0506. The van der Waals surface area contributed by atoms with Gasteiger partial charge in [-0.15, -0.1) is 0 Å². The predicted octanol–water partition coefficient (Wildman–Crippen LogP) is 1.94. The lowest BCUT2D eigenvalue weighted by Crippen LogP contribution is -2.37. The largest absolute Gasteiger partial charge is 0.493 e. The van der Waals surface area contributed by atoms with E-state index in [0.717, 1.165) is 36.7 Å². The van der Waals surface area contributed by atoms with Gasteiger partial charge < -0.3 is 19.2 Å². The number of amides is 1. The number of H-pyrrole nitrogens is 1. The molecule has 0 radical (unpaired) electrons. The van der Waals surface area contributed by atoms with Gasteiger partial charge in [0.2, 0.25) is 0 Å². The van der Waals surface area contributed by atoms with Gasteiger partial charge in [-0.05, 0) is 24.6 Å². The van der Waals surface area contributed by atoms with Crippen LogP contribution >= 0.6 is 0 Å². The van der Waals surface area contributed by atoms with Crippen LogP contribution in [0.3, 0.4) is 0 Å². The van der Waals surface area contributed by atoms with Gasteiger partial charge in [-0.1, -0.05) is 6.07 Å². The number of carbonyl (C=O) groups excluding carboxylic acids is 1. The molecule has 144 valence electrons. The van der Waals surface area contributed by atoms with Crippen LogP contribution in [0, 0.1) is 6.92 Å². The molecule has 8 heteroatoms. The summed E-state index contributed by atoms with van der Waals surface area (Å²) in [5.74, 6) is 2.23. The molecule has 1 N–H and O–H groups in total. The van der Waals surface area contributed by atoms with Gasteiger partial charge in [0.15, 0.2) is 11.5 Å². The average Bonchev–Trinajstić information content (AvgIpc) is 3.32. The molecule has 1 amide bonds. The first-order valence-corrected chi connectivity index (χ1v) is 8.98. The number of nitrogens with zero attached hydrogens (tertiary/aromatic N) is 3. The maximum absolute atomic E-state index is 12.4. The Morgan fingerprint density at radius 3 is 2.74 bits per heavy atom. The minimum atomic E-state index is -0.253. The van der Waals surface area contributed by atoms with Crippen LogP contribution in [0.25, 0.3) is 0 Å². The summed E-state index contributed by atoms with van der Waals surface area (Å²) in [7, 11) is 3.21. The van der Waals surface area contributed by atoms with Crippen LogP contribution in [-0.2, 0) is 17.8 Å². The number of hydrogen-bond donors (Lipinski definition) is 1. The number of rotatable bonds is 6. The molecule has 4 rings (SSSR count). The van der Waals surface area contributed by atoms with Crippen molar-refractivity contribution in [3.63, 3.8) is 0 Å². The summed E-state index contributed by atoms with van der Waals surface area (Å²) in [6.07, 6.45) is 1.51. The van der Waals surface area contributed by atoms with Crippen molar-refractivity contribution in [3.05, 3.63) is 41.5 Å². The Balaban J connectivity index is 1.45. The third-order valence-corrected chi connectivity index (χ3v) is 5.15. The number of nitrogens with one attached hydrogen (secondary N) is 1. The molecule has 0 aliphatic carbocycles. The summed E-state index contributed by atoms with van der Waals surface area (Å²) >= 11 is 0. The van der Waals surface area contributed by atoms with Gasteiger partial charge >= 0.3 is 6.09 Å². The lowest BCUT2D eigenvalue weighted by molar-refractivity contribution is 0.119. The highest BCUT2D eigenvalue weighted by atomic mass is 16.6. The summed E-state index contributed by atoms with van der Waals surface area (Å²) < 4.78 is 16.3. The number of ether oxygens (including phenoxy) is 3. The first-order chi connectivity index (χ1) is 13.1. The molecule has 2 aromatic rings. The van der Waals surface area contributed by atoms with Crippen LogP contribution in [-0.4, -0.2) is 65.3 Å². The molecule has 2 aliphatic rings. The Kier molecular flexibility index (Phi) is 4.65. The molecule has 2 aliphatic heterocycles. The van der Waals surface area contributed by atoms with E-state index in [1.54, 1.807) is 14.2 Å². The summed E-state index contributed by atoms with van der Waals surface area (Å²) in [4.78, 5) is 23.9. The number of likely N-dealkylation sites (tertiary alicyclic amines) is 1. The van der Waals surface area contributed by atoms with E-state index in [1.165, 1.54) is 0 Å². The highest BCUT2D eigenvalue weighted by molar-refractivity contribution is 5.71. The predicted molar refractivity (Wildman–Crippen MR) is 97.7 cm³/mol. The van der Waals surface area contributed by atoms with E-state index < -0.39 is 0 Å². The van der Waals surface area contributed by atoms with Crippen LogP contribution in [0.4, 0.5) is 4.79 Å². The van der Waals surface area contributed by atoms with E-state index in [-0.39, 0.29) is 18.2 Å². The third kappa shape index (κ3) is 3.44. The van der Waals surface area contributed by atoms with Crippen molar-refractivity contribution in [1.82, 2.24) is 19.8 Å². The molecule has 27 heavy (non-hydrogen) atoms. The molecule has 0 bridgehead atoms. The molecule has 2 atom stereocenters. The van der Waals surface area contributed by atoms with Crippen molar-refractivity contribution in [3.8, 4) is 11.5 Å². The van der Waals surface area contributed by atoms with Gasteiger partial charge in [0.1, 0.15) is 11.9 Å². The second kappa shape index (κ2) is 7.11. The number of imidazole rings is 1. The number of aromatic nitrogens is 2. The smallest absolute Gasteiger partial charge is 0.410 e. The number of aromatic amines is 1. The van der Waals surface area contributed by atoms with Crippen LogP contribution in [0.2, 0.25) is 0 Å². The number of fused-ring (bicyclic) bond motifs is 1. The molecule has 2 unspecified atom stereocenters. The van der Waals surface area contributed by atoms with Gasteiger partial charge in [0.25, 0.3) is 0 Å². The third-order valence-electron chi connectivity index (χ3n) is 5.15. The molecule has 2 saturated heterocycles.